The van der Waals surface area contributed by atoms with Crippen LogP contribution in [0, 0.1) is 5.82 Å². The van der Waals surface area contributed by atoms with Gasteiger partial charge >= 0.3 is 0 Å². The molecule has 0 aliphatic heterocycles. The van der Waals surface area contributed by atoms with Crippen molar-refractivity contribution in [3.05, 3.63) is 54.3 Å². The van der Waals surface area contributed by atoms with Gasteiger partial charge in [-0.15, -0.1) is 0 Å². The van der Waals surface area contributed by atoms with Crippen molar-refractivity contribution in [2.75, 3.05) is 18.0 Å². The third kappa shape index (κ3) is 6.04. The molecule has 1 amide bonds. The summed E-state index contributed by atoms with van der Waals surface area (Å²) in [5.74, 6) is -0.0376. The lowest BCUT2D eigenvalue weighted by Gasteiger charge is -2.22. The number of benzene rings is 2. The molecular weight excluding hydrogens is 371 g/mol. The molecule has 8 heteroatoms. The molecule has 27 heavy (non-hydrogen) atoms. The molecule has 0 aliphatic rings. The summed E-state index contributed by atoms with van der Waals surface area (Å²) in [4.78, 5) is 13.4. The highest BCUT2D eigenvalue weighted by Gasteiger charge is 2.16. The van der Waals surface area contributed by atoms with Crippen LogP contribution in [0.15, 0.2) is 53.4 Å². The zero-order valence-electron chi connectivity index (χ0n) is 15.5. The third-order valence-electron chi connectivity index (χ3n) is 3.65. The van der Waals surface area contributed by atoms with Crippen LogP contribution >= 0.6 is 0 Å². The van der Waals surface area contributed by atoms with E-state index in [0.717, 1.165) is 12.1 Å². The van der Waals surface area contributed by atoms with Crippen molar-refractivity contribution < 1.29 is 22.3 Å². The van der Waals surface area contributed by atoms with Crippen LogP contribution in [0.4, 0.5) is 10.1 Å². The van der Waals surface area contributed by atoms with Crippen LogP contribution in [0.2, 0.25) is 0 Å². The molecule has 2 aromatic rings. The Kier molecular flexibility index (Phi) is 6.92. The van der Waals surface area contributed by atoms with Gasteiger partial charge < -0.3 is 9.64 Å². The molecule has 6 nitrogen and oxygen atoms in total. The van der Waals surface area contributed by atoms with Crippen molar-refractivity contribution in [2.45, 2.75) is 31.8 Å². The first-order valence-corrected chi connectivity index (χ1v) is 9.97. The van der Waals surface area contributed by atoms with Crippen LogP contribution in [0.3, 0.4) is 0 Å². The van der Waals surface area contributed by atoms with Gasteiger partial charge in [0.15, 0.2) is 0 Å². The molecule has 0 spiro atoms. The number of hydrogen-bond acceptors (Lipinski definition) is 4. The molecule has 2 aromatic carbocycles. The van der Waals surface area contributed by atoms with Gasteiger partial charge in [0.05, 0.1) is 11.0 Å². The van der Waals surface area contributed by atoms with Gasteiger partial charge in [-0.1, -0.05) is 0 Å². The zero-order valence-corrected chi connectivity index (χ0v) is 16.3. The van der Waals surface area contributed by atoms with E-state index in [0.29, 0.717) is 11.4 Å². The van der Waals surface area contributed by atoms with Gasteiger partial charge in [-0.25, -0.2) is 17.5 Å². The normalized spacial score (nSPS) is 11.4. The molecule has 0 saturated heterocycles. The van der Waals surface area contributed by atoms with E-state index in [1.807, 2.05) is 13.8 Å². The van der Waals surface area contributed by atoms with Crippen LogP contribution in [0.1, 0.15) is 20.8 Å². The lowest BCUT2D eigenvalue weighted by atomic mass is 10.2. The Hall–Kier alpha value is -2.45. The van der Waals surface area contributed by atoms with Crippen molar-refractivity contribution in [3.63, 3.8) is 0 Å². The Morgan fingerprint density at radius 3 is 2.22 bits per heavy atom. The first kappa shape index (κ1) is 20.9. The number of nitrogens with one attached hydrogen (secondary N) is 1. The predicted molar refractivity (Wildman–Crippen MR) is 102 cm³/mol. The number of amides is 1. The number of hydrogen-bond donors (Lipinski definition) is 1. The topological polar surface area (TPSA) is 75.7 Å². The van der Waals surface area contributed by atoms with E-state index in [1.54, 1.807) is 24.3 Å². The van der Waals surface area contributed by atoms with Gasteiger partial charge in [0.25, 0.3) is 0 Å². The van der Waals surface area contributed by atoms with Crippen molar-refractivity contribution in [1.29, 1.82) is 0 Å². The monoisotopic (exact) mass is 394 g/mol. The second-order valence-electron chi connectivity index (χ2n) is 6.18. The summed E-state index contributed by atoms with van der Waals surface area (Å²) >= 11 is 0. The largest absolute Gasteiger partial charge is 0.491 e. The third-order valence-corrected chi connectivity index (χ3v) is 5.13. The minimum atomic E-state index is -3.78. The molecule has 0 aliphatic carbocycles. The molecule has 1 N–H and O–H groups in total. The molecule has 0 unspecified atom stereocenters. The van der Waals surface area contributed by atoms with Crippen molar-refractivity contribution in [1.82, 2.24) is 4.72 Å². The fourth-order valence-corrected chi connectivity index (χ4v) is 3.46. The van der Waals surface area contributed by atoms with E-state index in [4.69, 9.17) is 4.74 Å². The van der Waals surface area contributed by atoms with Crippen molar-refractivity contribution in [2.24, 2.45) is 0 Å². The number of sulfonamides is 1. The van der Waals surface area contributed by atoms with Gasteiger partial charge in [-0.2, -0.15) is 0 Å². The van der Waals surface area contributed by atoms with Gasteiger partial charge in [0, 0.05) is 25.7 Å². The fourth-order valence-electron chi connectivity index (χ4n) is 2.43. The van der Waals surface area contributed by atoms with E-state index in [2.05, 4.69) is 4.72 Å². The fraction of sp³-hybridized carbons (Fsp3) is 0.316. The smallest absolute Gasteiger partial charge is 0.240 e. The summed E-state index contributed by atoms with van der Waals surface area (Å²) in [6, 6.07) is 11.5. The predicted octanol–water partition coefficient (Wildman–Crippen LogP) is 2.94. The van der Waals surface area contributed by atoms with Gasteiger partial charge in [-0.3, -0.25) is 4.79 Å². The summed E-state index contributed by atoms with van der Waals surface area (Å²) in [7, 11) is -3.78. The molecule has 0 saturated carbocycles. The molecule has 0 aromatic heterocycles. The van der Waals surface area contributed by atoms with E-state index < -0.39 is 15.8 Å². The summed E-state index contributed by atoms with van der Waals surface area (Å²) in [6.45, 7) is 5.42. The maximum Gasteiger partial charge on any atom is 0.240 e. The van der Waals surface area contributed by atoms with Gasteiger partial charge in [0.2, 0.25) is 15.9 Å². The lowest BCUT2D eigenvalue weighted by molar-refractivity contribution is -0.116. The maximum absolute atomic E-state index is 12.9. The molecule has 146 valence electrons. The minimum absolute atomic E-state index is 0.0174. The Balaban J connectivity index is 2.02. The molecule has 0 heterocycles. The lowest BCUT2D eigenvalue weighted by Crippen LogP contribution is -2.37. The maximum atomic E-state index is 12.9. The number of rotatable bonds is 8. The van der Waals surface area contributed by atoms with E-state index in [-0.39, 0.29) is 30.0 Å². The quantitative estimate of drug-likeness (QED) is 0.747. The van der Waals surface area contributed by atoms with Crippen molar-refractivity contribution >= 4 is 21.6 Å². The molecule has 0 fully saturated rings. The second-order valence-corrected chi connectivity index (χ2v) is 7.95. The molecule has 0 radical (unpaired) electrons. The number of halogens is 1. The highest BCUT2D eigenvalue weighted by atomic mass is 32.2. The number of nitrogens with zero attached hydrogens (tertiary/aromatic N) is 1. The SMILES string of the molecule is CC(=O)N(CCNS(=O)(=O)c1ccc(F)cc1)c1ccc(OC(C)C)cc1. The molecule has 0 atom stereocenters. The first-order chi connectivity index (χ1) is 12.7. The minimum Gasteiger partial charge on any atom is -0.491 e. The number of anilines is 1. The summed E-state index contributed by atoms with van der Waals surface area (Å²) in [5.41, 5.74) is 0.639. The average Bonchev–Trinajstić information content (AvgIpc) is 2.59. The Morgan fingerprint density at radius 2 is 1.70 bits per heavy atom. The number of carbonyl (C=O) groups excluding carboxylic acids is 1. The molecule has 0 bridgehead atoms. The Morgan fingerprint density at radius 1 is 1.11 bits per heavy atom. The van der Waals surface area contributed by atoms with Crippen LogP contribution in [0.5, 0.6) is 5.75 Å². The Bertz CT molecular complexity index is 866. The number of carbonyl (C=O) groups is 1. The summed E-state index contributed by atoms with van der Waals surface area (Å²) in [6.07, 6.45) is 0.0422. The van der Waals surface area contributed by atoms with E-state index >= 15 is 0 Å². The Labute approximate surface area is 159 Å². The van der Waals surface area contributed by atoms with Crippen molar-refractivity contribution in [3.8, 4) is 5.75 Å². The van der Waals surface area contributed by atoms with Crippen LogP contribution in [0.25, 0.3) is 0 Å². The van der Waals surface area contributed by atoms with Crippen LogP contribution in [-0.2, 0) is 14.8 Å². The summed E-state index contributed by atoms with van der Waals surface area (Å²) in [5, 5.41) is 0. The highest BCUT2D eigenvalue weighted by Crippen LogP contribution is 2.20. The summed E-state index contributed by atoms with van der Waals surface area (Å²) < 4.78 is 45.4. The first-order valence-electron chi connectivity index (χ1n) is 8.49. The molecular formula is C19H23FN2O4S. The van der Waals surface area contributed by atoms with Gasteiger partial charge in [0.1, 0.15) is 11.6 Å². The molecule has 2 rings (SSSR count). The second kappa shape index (κ2) is 8.96. The average molecular weight is 394 g/mol. The van der Waals surface area contributed by atoms with Crippen LogP contribution < -0.4 is 14.4 Å². The van der Waals surface area contributed by atoms with E-state index in [9.17, 15) is 17.6 Å². The van der Waals surface area contributed by atoms with Crippen LogP contribution in [-0.4, -0.2) is 33.5 Å². The number of ether oxygens (including phenoxy) is 1. The standard InChI is InChI=1S/C19H23FN2O4S/c1-14(2)26-18-8-6-17(7-9-18)22(15(3)23)13-12-21-27(24,25)19-10-4-16(20)5-11-19/h4-11,14,21H,12-13H2,1-3H3. The highest BCUT2D eigenvalue weighted by molar-refractivity contribution is 7.89. The zero-order chi connectivity index (χ0) is 20.0. The van der Waals surface area contributed by atoms with Gasteiger partial charge in [-0.05, 0) is 62.4 Å². The van der Waals surface area contributed by atoms with E-state index in [1.165, 1.54) is 24.0 Å².